The van der Waals surface area contributed by atoms with Crippen LogP contribution in [0, 0.1) is 12.7 Å². The van der Waals surface area contributed by atoms with Gasteiger partial charge >= 0.3 is 6.09 Å². The molecule has 2 aliphatic carbocycles. The highest BCUT2D eigenvalue weighted by Crippen LogP contribution is 2.47. The molecule has 65 heavy (non-hydrogen) atoms. The van der Waals surface area contributed by atoms with E-state index in [1.807, 2.05) is 62.4 Å². The molecule has 3 heterocycles. The van der Waals surface area contributed by atoms with E-state index in [1.54, 1.807) is 25.6 Å². The second kappa shape index (κ2) is 18.1. The molecule has 2 unspecified atom stereocenters. The van der Waals surface area contributed by atoms with Crippen LogP contribution in [0.1, 0.15) is 100 Å². The molecule has 1 aliphatic heterocycles. The molecule has 334 valence electrons. The van der Waals surface area contributed by atoms with Crippen LogP contribution in [0.5, 0.6) is 0 Å². The third-order valence-corrected chi connectivity index (χ3v) is 13.5. The second-order valence-electron chi connectivity index (χ2n) is 17.3. The number of pyridine rings is 2. The molecule has 2 N–H and O–H groups in total. The topological polar surface area (TPSA) is 141 Å². The molecule has 13 heteroatoms. The number of nitrogens with one attached hydrogen (secondary N) is 2. The van der Waals surface area contributed by atoms with E-state index in [9.17, 15) is 19.2 Å². The summed E-state index contributed by atoms with van der Waals surface area (Å²) in [6.45, 7) is 6.91. The maximum atomic E-state index is 15.6. The van der Waals surface area contributed by atoms with Gasteiger partial charge in [-0.1, -0.05) is 68.4 Å². The van der Waals surface area contributed by atoms with Gasteiger partial charge in [0.2, 0.25) is 5.91 Å². The number of aromatic nitrogens is 2. The summed E-state index contributed by atoms with van der Waals surface area (Å²) in [6, 6.07) is 25.4. The van der Waals surface area contributed by atoms with E-state index >= 15 is 4.39 Å². The van der Waals surface area contributed by atoms with Gasteiger partial charge in [0.05, 0.1) is 48.3 Å². The number of hydrogen-bond donors (Lipinski definition) is 2. The highest BCUT2D eigenvalue weighted by molar-refractivity contribution is 5.93. The number of ether oxygens (including phenoxy) is 3. The quantitative estimate of drug-likeness (QED) is 0.0968. The normalized spacial score (nSPS) is 14.9. The van der Waals surface area contributed by atoms with E-state index in [0.717, 1.165) is 67.4 Å². The van der Waals surface area contributed by atoms with Gasteiger partial charge in [-0.15, -0.1) is 0 Å². The fraction of sp³-hybridized carbons (Fsp3) is 0.327. The number of nitrogens with zero attached hydrogens (tertiary/aromatic N) is 3. The smallest absolute Gasteiger partial charge is 0.409 e. The van der Waals surface area contributed by atoms with Crippen LogP contribution in [-0.4, -0.2) is 60.2 Å². The molecule has 6 aromatic rings. The van der Waals surface area contributed by atoms with E-state index < -0.39 is 12.2 Å². The molecule has 2 atom stereocenters. The van der Waals surface area contributed by atoms with Crippen LogP contribution < -0.4 is 16.2 Å². The number of carbonyl (C=O) groups is 3. The molecular weight excluding hydrogens is 826 g/mol. The number of rotatable bonds is 15. The Kier molecular flexibility index (Phi) is 12.1. The average molecular weight is 878 g/mol. The van der Waals surface area contributed by atoms with Crippen LogP contribution in [0.15, 0.2) is 83.7 Å². The molecule has 0 fully saturated rings. The zero-order valence-electron chi connectivity index (χ0n) is 37.3. The van der Waals surface area contributed by atoms with Gasteiger partial charge in [0.15, 0.2) is 0 Å². The summed E-state index contributed by atoms with van der Waals surface area (Å²) in [5.41, 5.74) is 12.5. The largest absolute Gasteiger partial charge is 0.463 e. The number of carbonyl (C=O) groups excluding carboxylic acids is 3. The van der Waals surface area contributed by atoms with E-state index in [-0.39, 0.29) is 68.6 Å². The lowest BCUT2D eigenvalue weighted by Gasteiger charge is -2.29. The first-order chi connectivity index (χ1) is 31.5. The van der Waals surface area contributed by atoms with Crippen molar-refractivity contribution in [2.45, 2.75) is 84.3 Å². The monoisotopic (exact) mass is 877 g/mol. The molecule has 0 bridgehead atoms. The maximum absolute atomic E-state index is 15.6. The van der Waals surface area contributed by atoms with Crippen molar-refractivity contribution in [2.24, 2.45) is 0 Å². The summed E-state index contributed by atoms with van der Waals surface area (Å²) >= 11 is 0. The summed E-state index contributed by atoms with van der Waals surface area (Å²) in [5, 5.41) is 6.65. The molecule has 4 aromatic carbocycles. The Labute approximate surface area is 376 Å². The Morgan fingerprint density at radius 2 is 1.74 bits per heavy atom. The lowest BCUT2D eigenvalue weighted by atomic mass is 9.83. The Bertz CT molecular complexity index is 2900. The Morgan fingerprint density at radius 1 is 1.00 bits per heavy atom. The number of aryl methyl sites for hydroxylation is 1. The maximum Gasteiger partial charge on any atom is 0.409 e. The third kappa shape index (κ3) is 7.97. The lowest BCUT2D eigenvalue weighted by molar-refractivity contribution is -0.129. The third-order valence-electron chi connectivity index (χ3n) is 13.5. The molecule has 0 radical (unpaired) electrons. The Morgan fingerprint density at radius 3 is 2.45 bits per heavy atom. The van der Waals surface area contributed by atoms with E-state index in [2.05, 4.69) is 34.9 Å². The van der Waals surface area contributed by atoms with Gasteiger partial charge in [-0.05, 0) is 113 Å². The number of halogens is 1. The molecule has 12 nitrogen and oxygen atoms in total. The molecule has 2 amide bonds. The fourth-order valence-electron chi connectivity index (χ4n) is 9.98. The van der Waals surface area contributed by atoms with Crippen molar-refractivity contribution in [3.05, 3.63) is 151 Å². The van der Waals surface area contributed by atoms with Gasteiger partial charge < -0.3 is 34.3 Å². The molecule has 2 aromatic heterocycles. The van der Waals surface area contributed by atoms with E-state index in [1.165, 1.54) is 11.0 Å². The zero-order valence-corrected chi connectivity index (χ0v) is 37.3. The van der Waals surface area contributed by atoms with Crippen molar-refractivity contribution in [2.75, 3.05) is 32.6 Å². The van der Waals surface area contributed by atoms with Crippen molar-refractivity contribution in [1.29, 1.82) is 0 Å². The Balaban J connectivity index is 1.02. The van der Waals surface area contributed by atoms with Crippen LogP contribution in [0.25, 0.3) is 33.4 Å². The van der Waals surface area contributed by atoms with Crippen LogP contribution in [0.4, 0.5) is 14.9 Å². The molecule has 0 spiro atoms. The first kappa shape index (κ1) is 43.5. The number of likely N-dealkylation sites (N-methyl/N-ethyl adjacent to an activating group) is 1. The number of hydrogen-bond acceptors (Lipinski definition) is 9. The van der Waals surface area contributed by atoms with Gasteiger partial charge in [-0.3, -0.25) is 14.4 Å². The van der Waals surface area contributed by atoms with Gasteiger partial charge in [-0.2, -0.15) is 0 Å². The molecule has 0 saturated heterocycles. The minimum atomic E-state index is -0.489. The SMILES string of the molecule is CCC(C)c1cc2n(c(=O)c1COC=O)Cc1c-2nc2cc(F)c(C)c3c2c1C(OCc1ccc(NC(=O)CNC)cc1CN(C)C(=O)OCC1c2ccccc2-c2ccccc21)CC3. The predicted octanol–water partition coefficient (Wildman–Crippen LogP) is 8.80. The molecular formula is C52H52FN5O7. The molecule has 3 aliphatic rings. The van der Waals surface area contributed by atoms with E-state index in [0.29, 0.717) is 53.0 Å². The van der Waals surface area contributed by atoms with Gasteiger partial charge in [-0.25, -0.2) is 14.2 Å². The summed E-state index contributed by atoms with van der Waals surface area (Å²) in [6.07, 6.45) is 0.932. The standard InChI is InChI=1S/C52H52FN5O7/c1-6-29(2)39-20-45-50-40(24-58(45)51(61)42(39)26-63-28-59)49-46(18-17-34-30(3)43(53)21-44(56-50)48(34)49)64-25-31-15-16-33(55-47(60)22-54-4)19-32(31)23-57(5)52(62)65-27-41-37-13-9-7-11-35(37)36-12-8-10-14-38(36)41/h7-16,19-21,28-29,41,46,54H,6,17-18,22-27H2,1-5H3,(H,55,60). The molecule has 9 rings (SSSR count). The first-order valence-corrected chi connectivity index (χ1v) is 22.2. The summed E-state index contributed by atoms with van der Waals surface area (Å²) in [4.78, 5) is 58.5. The van der Waals surface area contributed by atoms with Crippen molar-refractivity contribution in [3.63, 3.8) is 0 Å². The average Bonchev–Trinajstić information content (AvgIpc) is 3.84. The minimum absolute atomic E-state index is 0.00454. The number of fused-ring (bicyclic) bond motifs is 7. The Hall–Kier alpha value is -6.70. The first-order valence-electron chi connectivity index (χ1n) is 22.2. The van der Waals surface area contributed by atoms with Gasteiger partial charge in [0.25, 0.3) is 12.0 Å². The fourth-order valence-corrected chi connectivity index (χ4v) is 9.98. The number of anilines is 1. The second-order valence-corrected chi connectivity index (χ2v) is 17.3. The highest BCUT2D eigenvalue weighted by Gasteiger charge is 2.36. The van der Waals surface area contributed by atoms with Crippen molar-refractivity contribution in [3.8, 4) is 22.5 Å². The van der Waals surface area contributed by atoms with Crippen LogP contribution >= 0.6 is 0 Å². The summed E-state index contributed by atoms with van der Waals surface area (Å²) in [5.74, 6) is -0.641. The summed E-state index contributed by atoms with van der Waals surface area (Å²) < 4.78 is 35.3. The highest BCUT2D eigenvalue weighted by atomic mass is 19.1. The van der Waals surface area contributed by atoms with Crippen LogP contribution in [-0.2, 0) is 56.5 Å². The van der Waals surface area contributed by atoms with Crippen LogP contribution in [0.3, 0.4) is 0 Å². The van der Waals surface area contributed by atoms with Crippen molar-refractivity contribution < 1.29 is 33.0 Å². The van der Waals surface area contributed by atoms with Gasteiger partial charge in [0, 0.05) is 42.2 Å². The van der Waals surface area contributed by atoms with Gasteiger partial charge in [0.1, 0.15) is 19.0 Å². The number of amides is 2. The van der Waals surface area contributed by atoms with Crippen LogP contribution in [0.2, 0.25) is 0 Å². The number of benzene rings is 4. The summed E-state index contributed by atoms with van der Waals surface area (Å²) in [7, 11) is 3.39. The lowest BCUT2D eigenvalue weighted by Crippen LogP contribution is -2.29. The predicted molar refractivity (Wildman–Crippen MR) is 246 cm³/mol. The zero-order chi connectivity index (χ0) is 45.5. The molecule has 0 saturated carbocycles. The minimum Gasteiger partial charge on any atom is -0.463 e. The van der Waals surface area contributed by atoms with Crippen molar-refractivity contribution >= 4 is 35.1 Å². The van der Waals surface area contributed by atoms with Crippen molar-refractivity contribution in [1.82, 2.24) is 19.8 Å². The van der Waals surface area contributed by atoms with E-state index in [4.69, 9.17) is 19.2 Å².